The molecule has 0 fully saturated rings. The summed E-state index contributed by atoms with van der Waals surface area (Å²) in [4.78, 5) is 12.1. The van der Waals surface area contributed by atoms with Gasteiger partial charge >= 0.3 is 0 Å². The van der Waals surface area contributed by atoms with Gasteiger partial charge in [0.15, 0.2) is 5.78 Å². The van der Waals surface area contributed by atoms with E-state index in [0.717, 1.165) is 16.9 Å². The molecule has 3 heteroatoms. The second-order valence-electron chi connectivity index (χ2n) is 5.19. The Morgan fingerprint density at radius 1 is 1.18 bits per heavy atom. The summed E-state index contributed by atoms with van der Waals surface area (Å²) in [5.74, 6) is 0.788. The Kier molecular flexibility index (Phi) is 3.79. The van der Waals surface area contributed by atoms with Crippen molar-refractivity contribution in [2.24, 2.45) is 0 Å². The summed E-state index contributed by atoms with van der Waals surface area (Å²) >= 11 is 0. The first-order chi connectivity index (χ1) is 10.6. The average Bonchev–Trinajstić information content (AvgIpc) is 2.52. The van der Waals surface area contributed by atoms with Crippen molar-refractivity contribution >= 4 is 11.9 Å². The molecule has 0 aliphatic carbocycles. The van der Waals surface area contributed by atoms with Crippen molar-refractivity contribution < 1.29 is 14.6 Å². The van der Waals surface area contributed by atoms with Gasteiger partial charge < -0.3 is 9.84 Å². The zero-order valence-corrected chi connectivity index (χ0v) is 12.2. The van der Waals surface area contributed by atoms with Crippen LogP contribution in [-0.2, 0) is 0 Å². The van der Waals surface area contributed by atoms with Crippen LogP contribution in [0.5, 0.6) is 11.5 Å². The number of hydrogen-bond donors (Lipinski definition) is 1. The van der Waals surface area contributed by atoms with E-state index in [2.05, 4.69) is 0 Å². The van der Waals surface area contributed by atoms with Crippen LogP contribution in [0.15, 0.2) is 66.3 Å². The lowest BCUT2D eigenvalue weighted by Gasteiger charge is -2.22. The third-order valence-corrected chi connectivity index (χ3v) is 3.57. The normalized spacial score (nSPS) is 16.8. The summed E-state index contributed by atoms with van der Waals surface area (Å²) in [6, 6.07) is 14.1. The Labute approximate surface area is 129 Å². The number of phenols is 1. The molecular formula is C19H16O3. The van der Waals surface area contributed by atoms with E-state index in [1.165, 1.54) is 18.2 Å². The number of para-hydroxylation sites is 1. The van der Waals surface area contributed by atoms with Gasteiger partial charge in [-0.2, -0.15) is 0 Å². The number of benzene rings is 2. The van der Waals surface area contributed by atoms with Crippen LogP contribution in [0.2, 0.25) is 0 Å². The van der Waals surface area contributed by atoms with Gasteiger partial charge in [0.1, 0.15) is 17.6 Å². The van der Waals surface area contributed by atoms with Gasteiger partial charge in [-0.1, -0.05) is 36.4 Å². The number of fused-ring (bicyclic) bond motifs is 1. The fraction of sp³-hybridized carbons (Fsp3) is 0.105. The minimum absolute atomic E-state index is 0.0850. The summed E-state index contributed by atoms with van der Waals surface area (Å²) in [6.07, 6.45) is 5.19. The molecule has 0 spiro atoms. The Hall–Kier alpha value is -2.81. The van der Waals surface area contributed by atoms with Crippen LogP contribution < -0.4 is 4.74 Å². The highest BCUT2D eigenvalue weighted by atomic mass is 16.5. The SMILES string of the molecule is CC1Oc2ccccc2C=C1C=CC(=O)c1cccc(O)c1. The van der Waals surface area contributed by atoms with Crippen molar-refractivity contribution in [3.63, 3.8) is 0 Å². The van der Waals surface area contributed by atoms with Crippen LogP contribution in [-0.4, -0.2) is 17.0 Å². The number of rotatable bonds is 3. The molecule has 1 aliphatic heterocycles. The summed E-state index contributed by atoms with van der Waals surface area (Å²) in [6.45, 7) is 1.95. The second-order valence-corrected chi connectivity index (χ2v) is 5.19. The van der Waals surface area contributed by atoms with Gasteiger partial charge in [0.05, 0.1) is 0 Å². The molecule has 22 heavy (non-hydrogen) atoms. The van der Waals surface area contributed by atoms with Gasteiger partial charge in [0, 0.05) is 11.1 Å². The molecule has 0 saturated carbocycles. The minimum Gasteiger partial charge on any atom is -0.508 e. The van der Waals surface area contributed by atoms with E-state index >= 15 is 0 Å². The highest BCUT2D eigenvalue weighted by Gasteiger charge is 2.16. The van der Waals surface area contributed by atoms with Crippen molar-refractivity contribution in [1.29, 1.82) is 0 Å². The average molecular weight is 292 g/mol. The van der Waals surface area contributed by atoms with Crippen molar-refractivity contribution in [1.82, 2.24) is 0 Å². The van der Waals surface area contributed by atoms with Crippen LogP contribution in [0.1, 0.15) is 22.8 Å². The van der Waals surface area contributed by atoms with E-state index in [0.29, 0.717) is 5.56 Å². The van der Waals surface area contributed by atoms with Crippen LogP contribution in [0, 0.1) is 0 Å². The number of aromatic hydroxyl groups is 1. The maximum absolute atomic E-state index is 12.1. The minimum atomic E-state index is -0.150. The fourth-order valence-electron chi connectivity index (χ4n) is 2.37. The lowest BCUT2D eigenvalue weighted by Crippen LogP contribution is -2.17. The molecule has 0 bridgehead atoms. The number of allylic oxidation sites excluding steroid dienone is 1. The largest absolute Gasteiger partial charge is 0.508 e. The molecule has 2 aromatic carbocycles. The van der Waals surface area contributed by atoms with Gasteiger partial charge in [-0.05, 0) is 42.8 Å². The van der Waals surface area contributed by atoms with E-state index in [-0.39, 0.29) is 17.6 Å². The molecule has 1 N–H and O–H groups in total. The highest BCUT2D eigenvalue weighted by molar-refractivity contribution is 6.05. The summed E-state index contributed by atoms with van der Waals surface area (Å²) < 4.78 is 5.83. The zero-order chi connectivity index (χ0) is 15.5. The standard InChI is InChI=1S/C19H16O3/c1-13-14(11-16-5-2-3-8-19(16)22-13)9-10-18(21)15-6-4-7-17(20)12-15/h2-13,20H,1H3. The predicted octanol–water partition coefficient (Wildman–Crippen LogP) is 4.00. The molecule has 1 aliphatic rings. The first kappa shape index (κ1) is 14.1. The van der Waals surface area contributed by atoms with Crippen LogP contribution in [0.3, 0.4) is 0 Å². The first-order valence-corrected chi connectivity index (χ1v) is 7.12. The molecule has 110 valence electrons. The molecule has 0 amide bonds. The highest BCUT2D eigenvalue weighted by Crippen LogP contribution is 2.29. The van der Waals surface area contributed by atoms with Gasteiger partial charge in [-0.3, -0.25) is 4.79 Å². The molecule has 2 aromatic rings. The summed E-state index contributed by atoms with van der Waals surface area (Å²) in [5, 5.41) is 9.42. The Balaban J connectivity index is 1.83. The van der Waals surface area contributed by atoms with Crippen molar-refractivity contribution in [3.8, 4) is 11.5 Å². The number of carbonyl (C=O) groups is 1. The molecule has 0 saturated heterocycles. The van der Waals surface area contributed by atoms with Crippen LogP contribution in [0.25, 0.3) is 6.08 Å². The van der Waals surface area contributed by atoms with Crippen molar-refractivity contribution in [2.45, 2.75) is 13.0 Å². The smallest absolute Gasteiger partial charge is 0.185 e. The fourth-order valence-corrected chi connectivity index (χ4v) is 2.37. The number of carbonyl (C=O) groups excluding carboxylic acids is 1. The zero-order valence-electron chi connectivity index (χ0n) is 12.2. The molecule has 3 nitrogen and oxygen atoms in total. The molecule has 0 aromatic heterocycles. The van der Waals surface area contributed by atoms with E-state index in [1.54, 1.807) is 18.2 Å². The van der Waals surface area contributed by atoms with Gasteiger partial charge in [0.2, 0.25) is 0 Å². The van der Waals surface area contributed by atoms with Gasteiger partial charge in [-0.25, -0.2) is 0 Å². The molecule has 0 radical (unpaired) electrons. The predicted molar refractivity (Wildman–Crippen MR) is 86.1 cm³/mol. The Morgan fingerprint density at radius 3 is 2.82 bits per heavy atom. The van der Waals surface area contributed by atoms with E-state index in [4.69, 9.17) is 4.74 Å². The molecule has 1 heterocycles. The first-order valence-electron chi connectivity index (χ1n) is 7.12. The molecular weight excluding hydrogens is 276 g/mol. The summed E-state index contributed by atoms with van der Waals surface area (Å²) in [7, 11) is 0. The maximum atomic E-state index is 12.1. The number of hydrogen-bond acceptors (Lipinski definition) is 3. The quantitative estimate of drug-likeness (QED) is 0.687. The molecule has 1 atom stereocenters. The number of ketones is 1. The lowest BCUT2D eigenvalue weighted by molar-refractivity contribution is 0.104. The van der Waals surface area contributed by atoms with Crippen LogP contribution in [0.4, 0.5) is 0 Å². The lowest BCUT2D eigenvalue weighted by atomic mass is 10.0. The maximum Gasteiger partial charge on any atom is 0.185 e. The summed E-state index contributed by atoms with van der Waals surface area (Å²) in [5.41, 5.74) is 2.40. The Bertz CT molecular complexity index is 772. The number of phenolic OH excluding ortho intramolecular Hbond substituents is 1. The monoisotopic (exact) mass is 292 g/mol. The second kappa shape index (κ2) is 5.90. The van der Waals surface area contributed by atoms with Crippen molar-refractivity contribution in [3.05, 3.63) is 77.4 Å². The van der Waals surface area contributed by atoms with E-state index in [9.17, 15) is 9.90 Å². The van der Waals surface area contributed by atoms with E-state index < -0.39 is 0 Å². The van der Waals surface area contributed by atoms with Crippen LogP contribution >= 0.6 is 0 Å². The number of ether oxygens (including phenoxy) is 1. The third-order valence-electron chi connectivity index (χ3n) is 3.57. The van der Waals surface area contributed by atoms with Crippen molar-refractivity contribution in [2.75, 3.05) is 0 Å². The third kappa shape index (κ3) is 2.93. The molecule has 3 rings (SSSR count). The van der Waals surface area contributed by atoms with E-state index in [1.807, 2.05) is 37.3 Å². The Morgan fingerprint density at radius 2 is 2.00 bits per heavy atom. The van der Waals surface area contributed by atoms with Gasteiger partial charge in [-0.15, -0.1) is 0 Å². The molecule has 1 unspecified atom stereocenters. The van der Waals surface area contributed by atoms with Gasteiger partial charge in [0.25, 0.3) is 0 Å². The topological polar surface area (TPSA) is 46.5 Å².